The number of rotatable bonds is 4. The van der Waals surface area contributed by atoms with Gasteiger partial charge in [-0.25, -0.2) is 9.18 Å². The predicted octanol–water partition coefficient (Wildman–Crippen LogP) is 5.13. The number of hydrogen-bond acceptors (Lipinski definition) is 2. The van der Waals surface area contributed by atoms with E-state index in [4.69, 9.17) is 21.4 Å². The molecule has 1 N–H and O–H groups in total. The van der Waals surface area contributed by atoms with Crippen molar-refractivity contribution >= 4 is 39.6 Å². The Balaban J connectivity index is 2.36. The summed E-state index contributed by atoms with van der Waals surface area (Å²) >= 11 is 9.05. The molecule has 2 aromatic carbocycles. The first-order valence-corrected chi connectivity index (χ1v) is 6.95. The van der Waals surface area contributed by atoms with Gasteiger partial charge in [-0.3, -0.25) is 0 Å². The fourth-order valence-electron chi connectivity index (χ4n) is 1.62. The maximum absolute atomic E-state index is 13.3. The average molecular weight is 372 g/mol. The normalized spacial score (nSPS) is 10.8. The highest BCUT2D eigenvalue weighted by atomic mass is 79.9. The van der Waals surface area contributed by atoms with Crippen LogP contribution < -0.4 is 4.74 Å². The lowest BCUT2D eigenvalue weighted by Crippen LogP contribution is -1.90. The van der Waals surface area contributed by atoms with Gasteiger partial charge in [-0.15, -0.1) is 0 Å². The Morgan fingerprint density at radius 1 is 1.29 bits per heavy atom. The van der Waals surface area contributed by atoms with E-state index in [1.54, 1.807) is 24.3 Å². The van der Waals surface area contributed by atoms with Crippen LogP contribution in [0.2, 0.25) is 5.02 Å². The SMILES string of the molecule is O=C(O)/C=C/c1cc(Cl)ccc1Oc1cc(F)cc(Br)c1. The molecule has 0 bridgehead atoms. The number of carbonyl (C=O) groups is 1. The molecule has 0 radical (unpaired) electrons. The number of carboxylic acid groups (broad SMARTS) is 1. The van der Waals surface area contributed by atoms with Crippen LogP contribution in [-0.2, 0) is 4.79 Å². The van der Waals surface area contributed by atoms with Gasteiger partial charge in [0, 0.05) is 27.2 Å². The maximum Gasteiger partial charge on any atom is 0.328 e. The molecule has 3 nitrogen and oxygen atoms in total. The van der Waals surface area contributed by atoms with E-state index in [2.05, 4.69) is 15.9 Å². The molecule has 0 saturated carbocycles. The molecular formula is C15H9BrClFO3. The molecule has 0 fully saturated rings. The molecular weight excluding hydrogens is 363 g/mol. The molecule has 0 aliphatic heterocycles. The van der Waals surface area contributed by atoms with Gasteiger partial charge >= 0.3 is 5.97 Å². The maximum atomic E-state index is 13.3. The highest BCUT2D eigenvalue weighted by Gasteiger charge is 2.06. The summed E-state index contributed by atoms with van der Waals surface area (Å²) in [6.45, 7) is 0. The highest BCUT2D eigenvalue weighted by molar-refractivity contribution is 9.10. The molecule has 2 aromatic rings. The molecule has 2 rings (SSSR count). The summed E-state index contributed by atoms with van der Waals surface area (Å²) in [5, 5.41) is 9.12. The van der Waals surface area contributed by atoms with E-state index in [0.717, 1.165) is 6.08 Å². The molecule has 0 aromatic heterocycles. The standard InChI is InChI=1S/C15H9BrClFO3/c16-10-6-12(18)8-13(7-10)21-14-3-2-11(17)5-9(14)1-4-15(19)20/h1-8H,(H,19,20)/b4-1+. The van der Waals surface area contributed by atoms with Crippen molar-refractivity contribution in [3.05, 3.63) is 63.4 Å². The Kier molecular flexibility index (Phi) is 4.98. The Morgan fingerprint density at radius 3 is 2.71 bits per heavy atom. The van der Waals surface area contributed by atoms with Crippen LogP contribution in [0.15, 0.2) is 46.9 Å². The van der Waals surface area contributed by atoms with Crippen LogP contribution in [0.25, 0.3) is 6.08 Å². The van der Waals surface area contributed by atoms with Crippen LogP contribution in [0.4, 0.5) is 4.39 Å². The van der Waals surface area contributed by atoms with Gasteiger partial charge in [0.2, 0.25) is 0 Å². The molecule has 0 saturated heterocycles. The van der Waals surface area contributed by atoms with Gasteiger partial charge < -0.3 is 9.84 Å². The van der Waals surface area contributed by atoms with Crippen molar-refractivity contribution in [1.82, 2.24) is 0 Å². The van der Waals surface area contributed by atoms with E-state index in [0.29, 0.717) is 20.8 Å². The minimum Gasteiger partial charge on any atom is -0.478 e. The summed E-state index contributed by atoms with van der Waals surface area (Å²) in [6.07, 6.45) is 2.33. The first-order valence-electron chi connectivity index (χ1n) is 5.78. The topological polar surface area (TPSA) is 46.5 Å². The van der Waals surface area contributed by atoms with Gasteiger partial charge in [0.15, 0.2) is 0 Å². The largest absolute Gasteiger partial charge is 0.478 e. The zero-order valence-corrected chi connectivity index (χ0v) is 12.9. The van der Waals surface area contributed by atoms with E-state index in [1.165, 1.54) is 18.2 Å². The van der Waals surface area contributed by atoms with Crippen LogP contribution in [-0.4, -0.2) is 11.1 Å². The van der Waals surface area contributed by atoms with E-state index >= 15 is 0 Å². The molecule has 0 spiro atoms. The molecule has 21 heavy (non-hydrogen) atoms. The van der Waals surface area contributed by atoms with E-state index in [-0.39, 0.29) is 5.75 Å². The second-order valence-electron chi connectivity index (χ2n) is 4.06. The number of hydrogen-bond donors (Lipinski definition) is 1. The Morgan fingerprint density at radius 2 is 2.05 bits per heavy atom. The summed E-state index contributed by atoms with van der Waals surface area (Å²) < 4.78 is 19.4. The fraction of sp³-hybridized carbons (Fsp3) is 0. The fourth-order valence-corrected chi connectivity index (χ4v) is 2.24. The second kappa shape index (κ2) is 6.74. The third-order valence-corrected chi connectivity index (χ3v) is 3.13. The van der Waals surface area contributed by atoms with Crippen molar-refractivity contribution in [3.8, 4) is 11.5 Å². The van der Waals surface area contributed by atoms with Crippen molar-refractivity contribution in [2.24, 2.45) is 0 Å². The van der Waals surface area contributed by atoms with Gasteiger partial charge in [-0.05, 0) is 36.4 Å². The molecule has 0 unspecified atom stereocenters. The summed E-state index contributed by atoms with van der Waals surface area (Å²) in [6, 6.07) is 8.88. The first kappa shape index (κ1) is 15.5. The van der Waals surface area contributed by atoms with Crippen LogP contribution in [0.3, 0.4) is 0 Å². The van der Waals surface area contributed by atoms with Crippen molar-refractivity contribution in [2.45, 2.75) is 0 Å². The average Bonchev–Trinajstić information content (AvgIpc) is 2.37. The van der Waals surface area contributed by atoms with Gasteiger partial charge in [0.1, 0.15) is 17.3 Å². The van der Waals surface area contributed by atoms with Gasteiger partial charge in [0.05, 0.1) is 0 Å². The van der Waals surface area contributed by atoms with Crippen molar-refractivity contribution < 1.29 is 19.0 Å². The lowest BCUT2D eigenvalue weighted by molar-refractivity contribution is -0.131. The summed E-state index contributed by atoms with van der Waals surface area (Å²) in [4.78, 5) is 10.6. The van der Waals surface area contributed by atoms with Crippen LogP contribution in [0.1, 0.15) is 5.56 Å². The predicted molar refractivity (Wildman–Crippen MR) is 82.3 cm³/mol. The van der Waals surface area contributed by atoms with Crippen molar-refractivity contribution in [1.29, 1.82) is 0 Å². The Hall–Kier alpha value is -1.85. The third-order valence-electron chi connectivity index (χ3n) is 2.44. The smallest absolute Gasteiger partial charge is 0.328 e. The van der Waals surface area contributed by atoms with Crippen LogP contribution >= 0.6 is 27.5 Å². The number of benzene rings is 2. The van der Waals surface area contributed by atoms with Gasteiger partial charge in [-0.2, -0.15) is 0 Å². The summed E-state index contributed by atoms with van der Waals surface area (Å²) in [5.74, 6) is -0.881. The number of aliphatic carboxylic acids is 1. The highest BCUT2D eigenvalue weighted by Crippen LogP contribution is 2.30. The quantitative estimate of drug-likeness (QED) is 0.758. The number of halogens is 3. The lowest BCUT2D eigenvalue weighted by atomic mass is 10.2. The van der Waals surface area contributed by atoms with Crippen molar-refractivity contribution in [3.63, 3.8) is 0 Å². The third kappa shape index (κ3) is 4.58. The van der Waals surface area contributed by atoms with Gasteiger partial charge in [-0.1, -0.05) is 27.5 Å². The zero-order chi connectivity index (χ0) is 15.4. The Bertz CT molecular complexity index is 696. The summed E-state index contributed by atoms with van der Waals surface area (Å²) in [5.41, 5.74) is 0.477. The number of carboxylic acids is 1. The lowest BCUT2D eigenvalue weighted by Gasteiger charge is -2.10. The van der Waals surface area contributed by atoms with Crippen molar-refractivity contribution in [2.75, 3.05) is 0 Å². The molecule has 108 valence electrons. The molecule has 0 aliphatic carbocycles. The van der Waals surface area contributed by atoms with Crippen LogP contribution in [0.5, 0.6) is 11.5 Å². The Labute approximate surface area is 133 Å². The molecule has 6 heteroatoms. The number of ether oxygens (including phenoxy) is 1. The van der Waals surface area contributed by atoms with Crippen LogP contribution in [0, 0.1) is 5.82 Å². The monoisotopic (exact) mass is 370 g/mol. The van der Waals surface area contributed by atoms with E-state index in [1.807, 2.05) is 0 Å². The molecule has 0 heterocycles. The first-order chi connectivity index (χ1) is 9.94. The molecule has 0 aliphatic rings. The summed E-state index contributed by atoms with van der Waals surface area (Å²) in [7, 11) is 0. The minimum absolute atomic E-state index is 0.286. The van der Waals surface area contributed by atoms with E-state index < -0.39 is 11.8 Å². The minimum atomic E-state index is -1.09. The van der Waals surface area contributed by atoms with Gasteiger partial charge in [0.25, 0.3) is 0 Å². The molecule has 0 atom stereocenters. The second-order valence-corrected chi connectivity index (χ2v) is 5.41. The molecule has 0 amide bonds. The van der Waals surface area contributed by atoms with E-state index in [9.17, 15) is 9.18 Å². The zero-order valence-electron chi connectivity index (χ0n) is 10.5.